The fraction of sp³-hybridized carbons (Fsp3) is 0.533. The second-order valence-electron chi connectivity index (χ2n) is 5.41. The lowest BCUT2D eigenvalue weighted by Crippen LogP contribution is -2.43. The SMILES string of the molecule is CN(C)C(CN=C(N)N1CCSCC1)c1c(F)cccc1F.I. The van der Waals surface area contributed by atoms with Gasteiger partial charge in [0.15, 0.2) is 5.96 Å². The largest absolute Gasteiger partial charge is 0.370 e. The van der Waals surface area contributed by atoms with E-state index < -0.39 is 17.7 Å². The molecule has 0 aromatic heterocycles. The molecule has 1 atom stereocenters. The number of aliphatic imine (C=N–C) groups is 1. The van der Waals surface area contributed by atoms with Crippen molar-refractivity contribution in [3.63, 3.8) is 0 Å². The number of hydrogen-bond donors (Lipinski definition) is 1. The van der Waals surface area contributed by atoms with Crippen LogP contribution in [0, 0.1) is 11.6 Å². The predicted molar refractivity (Wildman–Crippen MR) is 104 cm³/mol. The third-order valence-corrected chi connectivity index (χ3v) is 4.66. The Hall–Kier alpha value is -0.610. The summed E-state index contributed by atoms with van der Waals surface area (Å²) in [6.45, 7) is 1.95. The molecule has 1 aromatic carbocycles. The summed E-state index contributed by atoms with van der Waals surface area (Å²) in [5, 5.41) is 0. The summed E-state index contributed by atoms with van der Waals surface area (Å²) in [5.74, 6) is 1.39. The second-order valence-corrected chi connectivity index (χ2v) is 6.64. The second kappa shape index (κ2) is 9.63. The van der Waals surface area contributed by atoms with E-state index in [1.165, 1.54) is 18.2 Å². The summed E-state index contributed by atoms with van der Waals surface area (Å²) in [6, 6.07) is 3.41. The molecule has 1 aliphatic rings. The zero-order valence-corrected chi connectivity index (χ0v) is 16.5. The first-order valence-electron chi connectivity index (χ1n) is 7.23. The van der Waals surface area contributed by atoms with Crippen molar-refractivity contribution in [2.45, 2.75) is 6.04 Å². The van der Waals surface area contributed by atoms with Crippen LogP contribution in [0.15, 0.2) is 23.2 Å². The van der Waals surface area contributed by atoms with Crippen LogP contribution in [0.5, 0.6) is 0 Å². The third-order valence-electron chi connectivity index (χ3n) is 3.72. The highest BCUT2D eigenvalue weighted by Crippen LogP contribution is 2.24. The van der Waals surface area contributed by atoms with Crippen LogP contribution < -0.4 is 5.73 Å². The molecule has 1 fully saturated rings. The number of nitrogens with zero attached hydrogens (tertiary/aromatic N) is 3. The van der Waals surface area contributed by atoms with E-state index in [0.717, 1.165) is 24.6 Å². The molecule has 2 N–H and O–H groups in total. The van der Waals surface area contributed by atoms with Gasteiger partial charge >= 0.3 is 0 Å². The molecule has 0 aliphatic carbocycles. The topological polar surface area (TPSA) is 44.9 Å². The van der Waals surface area contributed by atoms with Crippen molar-refractivity contribution < 1.29 is 8.78 Å². The van der Waals surface area contributed by atoms with Gasteiger partial charge in [0, 0.05) is 30.2 Å². The highest BCUT2D eigenvalue weighted by molar-refractivity contribution is 14.0. The van der Waals surface area contributed by atoms with E-state index in [1.54, 1.807) is 19.0 Å². The minimum absolute atomic E-state index is 0. The summed E-state index contributed by atoms with van der Waals surface area (Å²) in [4.78, 5) is 8.13. The van der Waals surface area contributed by atoms with Gasteiger partial charge in [0.05, 0.1) is 12.6 Å². The summed E-state index contributed by atoms with van der Waals surface area (Å²) in [7, 11) is 3.56. The van der Waals surface area contributed by atoms with Gasteiger partial charge in [-0.3, -0.25) is 4.99 Å². The van der Waals surface area contributed by atoms with Crippen LogP contribution in [0.3, 0.4) is 0 Å². The number of rotatable bonds is 4. The highest BCUT2D eigenvalue weighted by Gasteiger charge is 2.22. The van der Waals surface area contributed by atoms with Gasteiger partial charge in [-0.2, -0.15) is 11.8 Å². The van der Waals surface area contributed by atoms with Gasteiger partial charge < -0.3 is 15.5 Å². The van der Waals surface area contributed by atoms with E-state index in [0.29, 0.717) is 5.96 Å². The maximum atomic E-state index is 14.0. The lowest BCUT2D eigenvalue weighted by atomic mass is 10.0. The monoisotopic (exact) mass is 456 g/mol. The van der Waals surface area contributed by atoms with Crippen LogP contribution in [0.4, 0.5) is 8.78 Å². The van der Waals surface area contributed by atoms with Crippen LogP contribution >= 0.6 is 35.7 Å². The minimum Gasteiger partial charge on any atom is -0.370 e. The lowest BCUT2D eigenvalue weighted by molar-refractivity contribution is 0.289. The van der Waals surface area contributed by atoms with Gasteiger partial charge in [0.25, 0.3) is 0 Å². The number of likely N-dealkylation sites (N-methyl/N-ethyl adjacent to an activating group) is 1. The van der Waals surface area contributed by atoms with E-state index in [4.69, 9.17) is 5.73 Å². The average molecular weight is 456 g/mol. The van der Waals surface area contributed by atoms with Crippen molar-refractivity contribution in [1.29, 1.82) is 0 Å². The molecule has 0 bridgehead atoms. The Morgan fingerprint density at radius 1 is 1.30 bits per heavy atom. The van der Waals surface area contributed by atoms with Crippen molar-refractivity contribution in [2.24, 2.45) is 10.7 Å². The molecule has 8 heteroatoms. The van der Waals surface area contributed by atoms with Gasteiger partial charge in [-0.05, 0) is 26.2 Å². The molecule has 0 spiro atoms. The van der Waals surface area contributed by atoms with Crippen LogP contribution in [-0.2, 0) is 0 Å². The quantitative estimate of drug-likeness (QED) is 0.430. The van der Waals surface area contributed by atoms with Crippen molar-refractivity contribution in [3.05, 3.63) is 35.4 Å². The van der Waals surface area contributed by atoms with Gasteiger partial charge in [-0.1, -0.05) is 6.07 Å². The fourth-order valence-electron chi connectivity index (χ4n) is 2.41. The molecule has 0 amide bonds. The molecule has 0 radical (unpaired) electrons. The van der Waals surface area contributed by atoms with Crippen LogP contribution in [-0.4, -0.2) is 61.0 Å². The van der Waals surface area contributed by atoms with Crippen molar-refractivity contribution in [3.8, 4) is 0 Å². The zero-order valence-electron chi connectivity index (χ0n) is 13.3. The maximum Gasteiger partial charge on any atom is 0.191 e. The normalized spacial score (nSPS) is 17.1. The van der Waals surface area contributed by atoms with Crippen LogP contribution in [0.2, 0.25) is 0 Å². The first-order chi connectivity index (χ1) is 10.5. The molecule has 1 aromatic rings. The Balaban J connectivity index is 0.00000264. The van der Waals surface area contributed by atoms with Crippen LogP contribution in [0.25, 0.3) is 0 Å². The van der Waals surface area contributed by atoms with Crippen LogP contribution in [0.1, 0.15) is 11.6 Å². The average Bonchev–Trinajstić information content (AvgIpc) is 2.50. The highest BCUT2D eigenvalue weighted by atomic mass is 127. The Morgan fingerprint density at radius 2 is 1.87 bits per heavy atom. The van der Waals surface area contributed by atoms with Gasteiger partial charge in [0.1, 0.15) is 11.6 Å². The van der Waals surface area contributed by atoms with Crippen molar-refractivity contribution in [1.82, 2.24) is 9.80 Å². The molecule has 23 heavy (non-hydrogen) atoms. The Labute approximate surface area is 157 Å². The molecular weight excluding hydrogens is 433 g/mol. The number of halogens is 3. The molecule has 1 unspecified atom stereocenters. The molecule has 4 nitrogen and oxygen atoms in total. The van der Waals surface area contributed by atoms with E-state index in [2.05, 4.69) is 4.99 Å². The molecule has 1 heterocycles. The number of guanidine groups is 1. The minimum atomic E-state index is -0.554. The molecule has 2 rings (SSSR count). The standard InChI is InChI=1S/C15H22F2N4S.HI/c1-20(2)13(14-11(16)4-3-5-12(14)17)10-19-15(18)21-6-8-22-9-7-21;/h3-5,13H,6-10H2,1-2H3,(H2,18,19);1H. The van der Waals surface area contributed by atoms with Gasteiger partial charge in [0.2, 0.25) is 0 Å². The van der Waals surface area contributed by atoms with E-state index >= 15 is 0 Å². The molecule has 1 saturated heterocycles. The maximum absolute atomic E-state index is 14.0. The van der Waals surface area contributed by atoms with Gasteiger partial charge in [-0.25, -0.2) is 8.78 Å². The smallest absolute Gasteiger partial charge is 0.191 e. The Bertz CT molecular complexity index is 516. The Morgan fingerprint density at radius 3 is 2.39 bits per heavy atom. The zero-order chi connectivity index (χ0) is 16.1. The first-order valence-corrected chi connectivity index (χ1v) is 8.39. The third kappa shape index (κ3) is 5.46. The molecule has 130 valence electrons. The summed E-state index contributed by atoms with van der Waals surface area (Å²) in [6.07, 6.45) is 0. The number of thioether (sulfide) groups is 1. The molecule has 0 saturated carbocycles. The number of benzene rings is 1. The summed E-state index contributed by atoms with van der Waals surface area (Å²) >= 11 is 1.89. The lowest BCUT2D eigenvalue weighted by Gasteiger charge is -2.28. The molecular formula is C15H23F2IN4S. The number of hydrogen-bond acceptors (Lipinski definition) is 3. The summed E-state index contributed by atoms with van der Waals surface area (Å²) in [5.41, 5.74) is 6.05. The summed E-state index contributed by atoms with van der Waals surface area (Å²) < 4.78 is 28.0. The van der Waals surface area contributed by atoms with Gasteiger partial charge in [-0.15, -0.1) is 24.0 Å². The first kappa shape index (κ1) is 20.4. The van der Waals surface area contributed by atoms with E-state index in [1.807, 2.05) is 16.7 Å². The fourth-order valence-corrected chi connectivity index (χ4v) is 3.32. The van der Waals surface area contributed by atoms with E-state index in [9.17, 15) is 8.78 Å². The van der Waals surface area contributed by atoms with Crippen molar-refractivity contribution >= 4 is 41.7 Å². The predicted octanol–water partition coefficient (Wildman–Crippen LogP) is 2.55. The van der Waals surface area contributed by atoms with E-state index in [-0.39, 0.29) is 36.1 Å². The number of nitrogens with two attached hydrogens (primary N) is 1. The molecule has 1 aliphatic heterocycles. The Kier molecular flexibility index (Phi) is 8.56. The van der Waals surface area contributed by atoms with Crippen molar-refractivity contribution in [2.75, 3.05) is 45.2 Å².